The highest BCUT2D eigenvalue weighted by Gasteiger charge is 2.75. The van der Waals surface area contributed by atoms with Gasteiger partial charge < -0.3 is 4.79 Å². The Balaban J connectivity index is 0. The zero-order chi connectivity index (χ0) is 24.1. The van der Waals surface area contributed by atoms with E-state index in [4.69, 9.17) is 4.79 Å². The van der Waals surface area contributed by atoms with Crippen LogP contribution in [0.2, 0.25) is 0 Å². The molecule has 0 atom stereocenters. The first-order valence-electron chi connectivity index (χ1n) is 7.57. The van der Waals surface area contributed by atoms with E-state index in [2.05, 4.69) is 0 Å². The molecule has 0 unspecified atom stereocenters. The van der Waals surface area contributed by atoms with Crippen molar-refractivity contribution in [3.05, 3.63) is 0 Å². The molecule has 0 rings (SSSR count). The van der Waals surface area contributed by atoms with E-state index in [1.807, 2.05) is 6.79 Å². The van der Waals surface area contributed by atoms with Crippen LogP contribution in [0.25, 0.3) is 0 Å². The molecule has 0 aliphatic heterocycles. The molecule has 0 aliphatic carbocycles. The Morgan fingerprint density at radius 3 is 1.00 bits per heavy atom. The molecule has 0 aromatic heterocycles. The lowest BCUT2D eigenvalue weighted by Crippen LogP contribution is -2.57. The van der Waals surface area contributed by atoms with Crippen molar-refractivity contribution in [1.29, 1.82) is 0 Å². The minimum absolute atomic E-state index is 0.0643. The average Bonchev–Trinajstić information content (AvgIpc) is 2.49. The van der Waals surface area contributed by atoms with Crippen molar-refractivity contribution in [1.82, 2.24) is 0 Å². The summed E-state index contributed by atoms with van der Waals surface area (Å²) in [7, 11) is 0. The van der Waals surface area contributed by atoms with Gasteiger partial charge in [-0.05, 0) is 5.92 Å². The van der Waals surface area contributed by atoms with Crippen LogP contribution in [0.5, 0.6) is 0 Å². The highest BCUT2D eigenvalue weighted by molar-refractivity contribution is 5.11. The van der Waals surface area contributed by atoms with Crippen molar-refractivity contribution in [3.8, 4) is 0 Å². The molecule has 0 aromatic carbocycles. The molecule has 0 radical (unpaired) electrons. The van der Waals surface area contributed by atoms with E-state index < -0.39 is 67.6 Å². The van der Waals surface area contributed by atoms with E-state index in [1.54, 1.807) is 0 Å². The molecule has 0 bridgehead atoms. The third-order valence-electron chi connectivity index (χ3n) is 3.90. The molecule has 0 amide bonds. The van der Waals surface area contributed by atoms with Gasteiger partial charge in [0.2, 0.25) is 0 Å². The summed E-state index contributed by atoms with van der Waals surface area (Å²) in [6.07, 6.45) is -34.0. The lowest BCUT2D eigenvalue weighted by Gasteiger charge is -2.37. The van der Waals surface area contributed by atoms with Crippen molar-refractivity contribution in [2.45, 2.75) is 75.1 Å². The molecule has 0 saturated heterocycles. The Morgan fingerprint density at radius 1 is 0.586 bits per heavy atom. The lowest BCUT2D eigenvalue weighted by atomic mass is 9.80. The molecular formula is C14H16F14O. The molecule has 0 fully saturated rings. The predicted octanol–water partition coefficient (Wildman–Crippen LogP) is 7.05. The number of hydrogen-bond donors (Lipinski definition) is 0. The molecule has 0 aromatic rings. The van der Waals surface area contributed by atoms with Crippen LogP contribution in [0.4, 0.5) is 61.5 Å². The molecule has 15 heteroatoms. The summed E-state index contributed by atoms with van der Waals surface area (Å²) in [5, 5.41) is 0. The molecule has 29 heavy (non-hydrogen) atoms. The van der Waals surface area contributed by atoms with Crippen LogP contribution in [0.3, 0.4) is 0 Å². The third-order valence-corrected chi connectivity index (χ3v) is 3.90. The van der Waals surface area contributed by atoms with E-state index in [9.17, 15) is 61.5 Å². The quantitative estimate of drug-likeness (QED) is 0.368. The fourth-order valence-corrected chi connectivity index (χ4v) is 2.35. The van der Waals surface area contributed by atoms with Crippen LogP contribution in [-0.2, 0) is 4.79 Å². The summed E-state index contributed by atoms with van der Waals surface area (Å²) >= 11 is 0. The van der Waals surface area contributed by atoms with E-state index >= 15 is 0 Å². The van der Waals surface area contributed by atoms with Crippen LogP contribution in [-0.4, -0.2) is 42.8 Å². The number of carbonyl (C=O) groups excluding carboxylic acids is 1. The Bertz CT molecular complexity index is 419. The van der Waals surface area contributed by atoms with Crippen LogP contribution in [0.1, 0.15) is 39.0 Å². The SMILES string of the molecule is C=O.CCCCC(CC(F)(C(F)(F)F)C(F)(F)F)CC(F)(C(F)(F)F)C(F)(F)F. The number of halogens is 14. The summed E-state index contributed by atoms with van der Waals surface area (Å²) in [5.74, 6) is -2.84. The van der Waals surface area contributed by atoms with Gasteiger partial charge in [0.25, 0.3) is 11.3 Å². The van der Waals surface area contributed by atoms with Crippen molar-refractivity contribution >= 4 is 6.79 Å². The first kappa shape index (κ1) is 29.9. The third kappa shape index (κ3) is 6.86. The highest BCUT2D eigenvalue weighted by Crippen LogP contribution is 2.54. The van der Waals surface area contributed by atoms with Gasteiger partial charge in [-0.25, -0.2) is 8.78 Å². The number of alkyl halides is 14. The second kappa shape index (κ2) is 9.67. The summed E-state index contributed by atoms with van der Waals surface area (Å²) in [6.45, 7) is 3.27. The van der Waals surface area contributed by atoms with Gasteiger partial charge in [0.1, 0.15) is 6.79 Å². The van der Waals surface area contributed by atoms with Crippen molar-refractivity contribution < 1.29 is 66.3 Å². The molecule has 0 saturated carbocycles. The summed E-state index contributed by atoms with van der Waals surface area (Å²) in [6, 6.07) is 0. The van der Waals surface area contributed by atoms with Gasteiger partial charge in [0.15, 0.2) is 0 Å². The molecule has 0 spiro atoms. The highest BCUT2D eigenvalue weighted by atomic mass is 19.4. The molecule has 0 N–H and O–H groups in total. The second-order valence-corrected chi connectivity index (χ2v) is 6.01. The molecule has 1 nitrogen and oxygen atoms in total. The maximum atomic E-state index is 13.7. The van der Waals surface area contributed by atoms with Crippen molar-refractivity contribution in [3.63, 3.8) is 0 Å². The summed E-state index contributed by atoms with van der Waals surface area (Å²) in [5.41, 5.74) is -12.2. The Kier molecular flexibility index (Phi) is 9.96. The second-order valence-electron chi connectivity index (χ2n) is 6.01. The Labute approximate surface area is 155 Å². The maximum absolute atomic E-state index is 13.7. The van der Waals surface area contributed by atoms with E-state index in [1.165, 1.54) is 6.92 Å². The van der Waals surface area contributed by atoms with Gasteiger partial charge in [-0.1, -0.05) is 26.2 Å². The van der Waals surface area contributed by atoms with Crippen molar-refractivity contribution in [2.75, 3.05) is 0 Å². The molecular weight excluding hydrogens is 450 g/mol. The fourth-order valence-electron chi connectivity index (χ4n) is 2.35. The van der Waals surface area contributed by atoms with Gasteiger partial charge in [-0.15, -0.1) is 0 Å². The predicted molar refractivity (Wildman–Crippen MR) is 71.3 cm³/mol. The number of carbonyl (C=O) groups is 1. The Morgan fingerprint density at radius 2 is 0.828 bits per heavy atom. The topological polar surface area (TPSA) is 17.1 Å². The molecule has 0 heterocycles. The van der Waals surface area contributed by atoms with Crippen LogP contribution in [0, 0.1) is 5.92 Å². The van der Waals surface area contributed by atoms with E-state index in [0.29, 0.717) is 0 Å². The first-order chi connectivity index (χ1) is 12.6. The Hall–Kier alpha value is -1.31. The summed E-state index contributed by atoms with van der Waals surface area (Å²) < 4.78 is 178. The minimum Gasteiger partial charge on any atom is -0.307 e. The zero-order valence-electron chi connectivity index (χ0n) is 14.5. The number of rotatable bonds is 7. The minimum atomic E-state index is -6.68. The van der Waals surface area contributed by atoms with E-state index in [-0.39, 0.29) is 6.42 Å². The van der Waals surface area contributed by atoms with Gasteiger partial charge in [0, 0.05) is 12.8 Å². The number of unbranched alkanes of at least 4 members (excludes halogenated alkanes) is 1. The van der Waals surface area contributed by atoms with Gasteiger partial charge >= 0.3 is 24.7 Å². The smallest absolute Gasteiger partial charge is 0.307 e. The fraction of sp³-hybridized carbons (Fsp3) is 0.929. The summed E-state index contributed by atoms with van der Waals surface area (Å²) in [4.78, 5) is 8.00. The average molecular weight is 466 g/mol. The lowest BCUT2D eigenvalue weighted by molar-refractivity contribution is -0.356. The maximum Gasteiger partial charge on any atom is 0.431 e. The van der Waals surface area contributed by atoms with Crippen LogP contribution >= 0.6 is 0 Å². The zero-order valence-corrected chi connectivity index (χ0v) is 14.5. The largest absolute Gasteiger partial charge is 0.431 e. The van der Waals surface area contributed by atoms with Crippen molar-refractivity contribution in [2.24, 2.45) is 5.92 Å². The van der Waals surface area contributed by atoms with Gasteiger partial charge in [-0.2, -0.15) is 52.7 Å². The molecule has 176 valence electrons. The van der Waals surface area contributed by atoms with E-state index in [0.717, 1.165) is 0 Å². The van der Waals surface area contributed by atoms with Crippen LogP contribution < -0.4 is 0 Å². The normalized spacial score (nSPS) is 14.6. The monoisotopic (exact) mass is 466 g/mol. The standard InChI is InChI=1S/C13H14F14.CH2O/c1-2-3-4-7(5-8(14,10(16,17)18)11(19,20)21)6-9(15,12(22,23)24)13(25,26)27;1-2/h7H,2-6H2,1H3;1H2. The van der Waals surface area contributed by atoms with Gasteiger partial charge in [-0.3, -0.25) is 0 Å². The molecule has 0 aliphatic rings. The van der Waals surface area contributed by atoms with Crippen LogP contribution in [0.15, 0.2) is 0 Å². The first-order valence-corrected chi connectivity index (χ1v) is 7.57. The number of hydrogen-bond acceptors (Lipinski definition) is 1. The van der Waals surface area contributed by atoms with Gasteiger partial charge in [0.05, 0.1) is 0 Å².